The smallest absolute Gasteiger partial charge is 0.164 e. The summed E-state index contributed by atoms with van der Waals surface area (Å²) in [5, 5.41) is 2.55. The molecule has 11 rings (SSSR count). The quantitative estimate of drug-likeness (QED) is 0.183. The Labute approximate surface area is 320 Å². The molecule has 2 heterocycles. The summed E-state index contributed by atoms with van der Waals surface area (Å²) in [6.45, 7) is 9.32. The van der Waals surface area contributed by atoms with Gasteiger partial charge in [0.25, 0.3) is 0 Å². The fourth-order valence-corrected chi connectivity index (χ4v) is 9.60. The summed E-state index contributed by atoms with van der Waals surface area (Å²) in [5.41, 5.74) is 16.6. The summed E-state index contributed by atoms with van der Waals surface area (Å²) in [4.78, 5) is 15.7. The maximum absolute atomic E-state index is 5.30. The zero-order chi connectivity index (χ0) is 37.1. The summed E-state index contributed by atoms with van der Waals surface area (Å²) in [6.07, 6.45) is 0. The lowest BCUT2D eigenvalue weighted by Gasteiger charge is -2.21. The molecule has 2 aliphatic rings. The molecule has 0 fully saturated rings. The Morgan fingerprint density at radius 2 is 0.945 bits per heavy atom. The standard InChI is InChI=1S/C51H38N4/c1-50(2)38-24-11-8-20-34(38)44-37(23-15-26-40(44)50)49-53-47(31-16-6-5-7-17-31)52-48(54-49)32-18-14-19-33(30-32)55-42-27-13-10-22-36(42)46-43(55)29-28-41-45(46)35-21-9-12-25-39(35)51(41,3)4/h5-30H,1-4H3. The van der Waals surface area contributed by atoms with Gasteiger partial charge in [0.1, 0.15) is 0 Å². The number of benzene rings is 7. The summed E-state index contributed by atoms with van der Waals surface area (Å²) in [5.74, 6) is 1.97. The van der Waals surface area contributed by atoms with Gasteiger partial charge in [0.15, 0.2) is 17.5 Å². The number of para-hydroxylation sites is 1. The molecule has 0 saturated heterocycles. The van der Waals surface area contributed by atoms with Gasteiger partial charge in [-0.05, 0) is 68.8 Å². The van der Waals surface area contributed by atoms with E-state index in [1.807, 2.05) is 18.2 Å². The molecule has 0 unspecified atom stereocenters. The van der Waals surface area contributed by atoms with Gasteiger partial charge < -0.3 is 4.57 Å². The highest BCUT2D eigenvalue weighted by molar-refractivity contribution is 6.18. The summed E-state index contributed by atoms with van der Waals surface area (Å²) < 4.78 is 2.41. The van der Waals surface area contributed by atoms with Crippen LogP contribution in [0.1, 0.15) is 49.9 Å². The lowest BCUT2D eigenvalue weighted by molar-refractivity contribution is 0.660. The molecule has 0 N–H and O–H groups in total. The molecule has 2 aromatic heterocycles. The van der Waals surface area contributed by atoms with Crippen LogP contribution in [0, 0.1) is 0 Å². The Hall–Kier alpha value is -6.65. The van der Waals surface area contributed by atoms with Gasteiger partial charge >= 0.3 is 0 Å². The number of nitrogens with zero attached hydrogens (tertiary/aromatic N) is 4. The van der Waals surface area contributed by atoms with Crippen LogP contribution in [0.25, 0.3) is 83.9 Å². The predicted molar refractivity (Wildman–Crippen MR) is 226 cm³/mol. The van der Waals surface area contributed by atoms with E-state index in [-0.39, 0.29) is 10.8 Å². The fraction of sp³-hybridized carbons (Fsp3) is 0.118. The lowest BCUT2D eigenvalue weighted by atomic mass is 9.82. The van der Waals surface area contributed by atoms with Crippen molar-refractivity contribution in [1.82, 2.24) is 19.5 Å². The minimum absolute atomic E-state index is 0.0766. The zero-order valence-electron chi connectivity index (χ0n) is 31.3. The number of aromatic nitrogens is 4. The van der Waals surface area contributed by atoms with Crippen molar-refractivity contribution in [3.63, 3.8) is 0 Å². The van der Waals surface area contributed by atoms with Crippen LogP contribution in [0.4, 0.5) is 0 Å². The normalized spacial score (nSPS) is 14.5. The van der Waals surface area contributed by atoms with Gasteiger partial charge in [0, 0.05) is 44.0 Å². The third-order valence-corrected chi connectivity index (χ3v) is 12.3. The summed E-state index contributed by atoms with van der Waals surface area (Å²) in [6, 6.07) is 56.6. The molecule has 262 valence electrons. The molecule has 7 aromatic carbocycles. The van der Waals surface area contributed by atoms with Crippen molar-refractivity contribution in [2.75, 3.05) is 0 Å². The van der Waals surface area contributed by atoms with Crippen molar-refractivity contribution in [3.05, 3.63) is 180 Å². The van der Waals surface area contributed by atoms with E-state index in [0.29, 0.717) is 17.5 Å². The van der Waals surface area contributed by atoms with E-state index in [9.17, 15) is 0 Å². The zero-order valence-corrected chi connectivity index (χ0v) is 31.3. The van der Waals surface area contributed by atoms with Crippen LogP contribution in [0.3, 0.4) is 0 Å². The fourth-order valence-electron chi connectivity index (χ4n) is 9.60. The topological polar surface area (TPSA) is 43.6 Å². The molecule has 2 aliphatic carbocycles. The highest BCUT2D eigenvalue weighted by Crippen LogP contribution is 2.54. The number of fused-ring (bicyclic) bond motifs is 10. The van der Waals surface area contributed by atoms with Crippen LogP contribution in [0.2, 0.25) is 0 Å². The van der Waals surface area contributed by atoms with Gasteiger partial charge in [-0.15, -0.1) is 0 Å². The second-order valence-corrected chi connectivity index (χ2v) is 16.0. The summed E-state index contributed by atoms with van der Waals surface area (Å²) >= 11 is 0. The third kappa shape index (κ3) is 4.49. The van der Waals surface area contributed by atoms with E-state index in [4.69, 9.17) is 15.0 Å². The molecular weight excluding hydrogens is 669 g/mol. The molecule has 0 spiro atoms. The first-order valence-electron chi connectivity index (χ1n) is 19.1. The van der Waals surface area contributed by atoms with Gasteiger partial charge in [0.2, 0.25) is 0 Å². The molecule has 0 saturated carbocycles. The van der Waals surface area contributed by atoms with Crippen LogP contribution in [-0.4, -0.2) is 19.5 Å². The molecule has 0 atom stereocenters. The first kappa shape index (κ1) is 31.8. The SMILES string of the molecule is CC1(C)c2ccccc2-c2c(-c3nc(-c4ccccc4)nc(-c4cccc(-n5c6ccccc6c6c7c(ccc65)C(C)(C)c5ccccc5-7)c4)n3)cccc21. The molecule has 0 bridgehead atoms. The van der Waals surface area contributed by atoms with Crippen LogP contribution >= 0.6 is 0 Å². The van der Waals surface area contributed by atoms with Crippen molar-refractivity contribution in [3.8, 4) is 62.1 Å². The Morgan fingerprint density at radius 3 is 1.71 bits per heavy atom. The van der Waals surface area contributed by atoms with Gasteiger partial charge in [-0.25, -0.2) is 15.0 Å². The molecule has 9 aromatic rings. The molecule has 55 heavy (non-hydrogen) atoms. The van der Waals surface area contributed by atoms with Crippen LogP contribution < -0.4 is 0 Å². The minimum atomic E-state index is -0.130. The average molecular weight is 707 g/mol. The largest absolute Gasteiger partial charge is 0.309 e. The maximum Gasteiger partial charge on any atom is 0.164 e. The van der Waals surface area contributed by atoms with Crippen LogP contribution in [-0.2, 0) is 10.8 Å². The van der Waals surface area contributed by atoms with E-state index in [1.165, 1.54) is 66.3 Å². The maximum atomic E-state index is 5.30. The number of hydrogen-bond donors (Lipinski definition) is 0. The number of rotatable bonds is 4. The van der Waals surface area contributed by atoms with E-state index >= 15 is 0 Å². The second-order valence-electron chi connectivity index (χ2n) is 16.0. The van der Waals surface area contributed by atoms with Crippen LogP contribution in [0.5, 0.6) is 0 Å². The van der Waals surface area contributed by atoms with Gasteiger partial charge in [-0.2, -0.15) is 0 Å². The first-order valence-corrected chi connectivity index (χ1v) is 19.1. The van der Waals surface area contributed by atoms with Crippen LogP contribution in [0.15, 0.2) is 158 Å². The Bertz CT molecular complexity index is 3040. The Kier molecular flexibility index (Phi) is 6.61. The number of hydrogen-bond acceptors (Lipinski definition) is 3. The molecule has 4 nitrogen and oxygen atoms in total. The van der Waals surface area contributed by atoms with Crippen molar-refractivity contribution in [2.45, 2.75) is 38.5 Å². The van der Waals surface area contributed by atoms with Gasteiger partial charge in [-0.3, -0.25) is 0 Å². The van der Waals surface area contributed by atoms with Gasteiger partial charge in [-0.1, -0.05) is 161 Å². The Morgan fingerprint density at radius 1 is 0.400 bits per heavy atom. The van der Waals surface area contributed by atoms with Crippen molar-refractivity contribution in [2.24, 2.45) is 0 Å². The van der Waals surface area contributed by atoms with Crippen molar-refractivity contribution < 1.29 is 0 Å². The predicted octanol–water partition coefficient (Wildman–Crippen LogP) is 12.6. The van der Waals surface area contributed by atoms with Gasteiger partial charge in [0.05, 0.1) is 11.0 Å². The van der Waals surface area contributed by atoms with E-state index in [1.54, 1.807) is 0 Å². The van der Waals surface area contributed by atoms with E-state index < -0.39 is 0 Å². The molecule has 0 amide bonds. The third-order valence-electron chi connectivity index (χ3n) is 12.3. The van der Waals surface area contributed by atoms with E-state index in [0.717, 1.165) is 22.4 Å². The molecular formula is C51H38N4. The minimum Gasteiger partial charge on any atom is -0.309 e. The molecule has 0 aliphatic heterocycles. The molecule has 0 radical (unpaired) electrons. The monoisotopic (exact) mass is 706 g/mol. The first-order chi connectivity index (χ1) is 26.8. The highest BCUT2D eigenvalue weighted by atomic mass is 15.0. The average Bonchev–Trinajstić information content (AvgIpc) is 3.78. The summed E-state index contributed by atoms with van der Waals surface area (Å²) in [7, 11) is 0. The Balaban J connectivity index is 1.13. The molecule has 4 heteroatoms. The highest BCUT2D eigenvalue weighted by Gasteiger charge is 2.38. The van der Waals surface area contributed by atoms with E-state index in [2.05, 4.69) is 172 Å². The van der Waals surface area contributed by atoms with Crippen molar-refractivity contribution in [1.29, 1.82) is 0 Å². The lowest BCUT2D eigenvalue weighted by Crippen LogP contribution is -2.14. The second kappa shape index (κ2) is 11.4. The van der Waals surface area contributed by atoms with Crippen molar-refractivity contribution >= 4 is 21.8 Å².